The van der Waals surface area contributed by atoms with Crippen molar-refractivity contribution in [1.29, 1.82) is 0 Å². The normalized spacial score (nSPS) is 14.3. The summed E-state index contributed by atoms with van der Waals surface area (Å²) >= 11 is 0. The maximum absolute atomic E-state index is 15.7. The number of piperidine rings is 1. The van der Waals surface area contributed by atoms with E-state index < -0.39 is 64.8 Å². The lowest BCUT2D eigenvalue weighted by molar-refractivity contribution is -0.274. The third-order valence-electron chi connectivity index (χ3n) is 7.46. The Bertz CT molecular complexity index is 1680. The summed E-state index contributed by atoms with van der Waals surface area (Å²) < 4.78 is 109. The Morgan fingerprint density at radius 1 is 1.07 bits per heavy atom. The molecule has 1 saturated heterocycles. The van der Waals surface area contributed by atoms with Crippen molar-refractivity contribution in [3.63, 3.8) is 0 Å². The summed E-state index contributed by atoms with van der Waals surface area (Å²) in [7, 11) is 1.11. The Labute approximate surface area is 257 Å². The number of nitrogens with zero attached hydrogens (tertiary/aromatic N) is 2. The van der Waals surface area contributed by atoms with Crippen LogP contribution in [0.3, 0.4) is 0 Å². The van der Waals surface area contributed by atoms with Gasteiger partial charge in [-0.1, -0.05) is 6.07 Å². The summed E-state index contributed by atoms with van der Waals surface area (Å²) in [4.78, 5) is 40.2. The largest absolute Gasteiger partial charge is 0.573 e. The van der Waals surface area contributed by atoms with Crippen LogP contribution in [-0.2, 0) is 22.6 Å². The van der Waals surface area contributed by atoms with Gasteiger partial charge in [0.2, 0.25) is 5.43 Å². The summed E-state index contributed by atoms with van der Waals surface area (Å²) in [6.45, 7) is 1.64. The zero-order valence-electron chi connectivity index (χ0n) is 24.9. The van der Waals surface area contributed by atoms with Crippen molar-refractivity contribution >= 4 is 28.5 Å². The van der Waals surface area contributed by atoms with Crippen LogP contribution in [-0.4, -0.2) is 55.8 Å². The number of esters is 1. The Kier molecular flexibility index (Phi) is 10.1. The molecule has 1 aliphatic rings. The van der Waals surface area contributed by atoms with E-state index in [-0.39, 0.29) is 56.0 Å². The summed E-state index contributed by atoms with van der Waals surface area (Å²) in [5.41, 5.74) is -1.75. The number of fused-ring (bicyclic) bond motifs is 1. The number of aryl methyl sites for hydroxylation is 1. The summed E-state index contributed by atoms with van der Waals surface area (Å²) in [6.07, 6.45) is -8.47. The molecule has 1 fully saturated rings. The molecule has 1 aromatic heterocycles. The van der Waals surface area contributed by atoms with Gasteiger partial charge >= 0.3 is 18.5 Å². The van der Waals surface area contributed by atoms with Crippen LogP contribution in [0.25, 0.3) is 10.9 Å². The van der Waals surface area contributed by atoms with Crippen molar-refractivity contribution in [3.05, 3.63) is 63.2 Å². The first-order valence-corrected chi connectivity index (χ1v) is 14.1. The molecule has 2 heterocycles. The van der Waals surface area contributed by atoms with Crippen LogP contribution in [0.1, 0.15) is 41.3 Å². The van der Waals surface area contributed by atoms with Gasteiger partial charge in [0, 0.05) is 25.8 Å². The minimum Gasteiger partial charge on any atom is -0.492 e. The maximum atomic E-state index is 15.7. The number of nitrogens with one attached hydrogen (secondary N) is 1. The highest BCUT2D eigenvalue weighted by molar-refractivity contribution is 5.99. The Balaban J connectivity index is 1.71. The van der Waals surface area contributed by atoms with E-state index in [1.807, 2.05) is 0 Å². The molecule has 0 spiro atoms. The molecule has 16 heteroatoms. The van der Waals surface area contributed by atoms with Crippen LogP contribution in [0, 0.1) is 18.7 Å². The summed E-state index contributed by atoms with van der Waals surface area (Å²) in [5.74, 6) is -3.77. The number of amides is 1. The van der Waals surface area contributed by atoms with Gasteiger partial charge < -0.3 is 29.0 Å². The van der Waals surface area contributed by atoms with E-state index in [0.29, 0.717) is 21.9 Å². The van der Waals surface area contributed by atoms with E-state index in [1.54, 1.807) is 6.92 Å². The van der Waals surface area contributed by atoms with Crippen LogP contribution in [0.5, 0.6) is 11.5 Å². The Morgan fingerprint density at radius 2 is 1.74 bits per heavy atom. The summed E-state index contributed by atoms with van der Waals surface area (Å²) in [6, 6.07) is 4.09. The third-order valence-corrected chi connectivity index (χ3v) is 7.46. The van der Waals surface area contributed by atoms with Crippen molar-refractivity contribution < 1.29 is 54.5 Å². The second kappa shape index (κ2) is 13.5. The van der Waals surface area contributed by atoms with Crippen LogP contribution in [0.2, 0.25) is 0 Å². The number of benzene rings is 2. The molecule has 0 unspecified atom stereocenters. The molecule has 4 rings (SSSR count). The lowest BCUT2D eigenvalue weighted by atomic mass is 9.96. The van der Waals surface area contributed by atoms with Gasteiger partial charge in [-0.2, -0.15) is 13.2 Å². The summed E-state index contributed by atoms with van der Waals surface area (Å²) in [5, 5.41) is 1.84. The number of methoxy groups -OCH3 is 1. The number of rotatable bonds is 9. The highest BCUT2D eigenvalue weighted by Gasteiger charge is 2.34. The molecule has 250 valence electrons. The third kappa shape index (κ3) is 7.83. The predicted octanol–water partition coefficient (Wildman–Crippen LogP) is 5.63. The molecule has 1 N–H and O–H groups in total. The number of anilines is 1. The second-order valence-electron chi connectivity index (χ2n) is 10.6. The number of halogens is 7. The average Bonchev–Trinajstić information content (AvgIpc) is 2.96. The Morgan fingerprint density at radius 3 is 2.30 bits per heavy atom. The van der Waals surface area contributed by atoms with Crippen LogP contribution >= 0.6 is 0 Å². The molecule has 9 nitrogen and oxygen atoms in total. The van der Waals surface area contributed by atoms with Gasteiger partial charge in [-0.15, -0.1) is 13.2 Å². The molecular formula is C30H30F7N3O6. The molecule has 1 amide bonds. The fourth-order valence-electron chi connectivity index (χ4n) is 5.39. The molecule has 2 aromatic carbocycles. The van der Waals surface area contributed by atoms with Crippen LogP contribution in [0.4, 0.5) is 36.4 Å². The van der Waals surface area contributed by atoms with E-state index in [4.69, 9.17) is 9.47 Å². The molecule has 0 bridgehead atoms. The van der Waals surface area contributed by atoms with Gasteiger partial charge in [-0.3, -0.25) is 14.4 Å². The first kappa shape index (κ1) is 34.4. The van der Waals surface area contributed by atoms with Crippen LogP contribution in [0.15, 0.2) is 35.3 Å². The number of hydrogen-bond acceptors (Lipinski definition) is 7. The number of aromatic nitrogens is 1. The highest BCUT2D eigenvalue weighted by atomic mass is 19.4. The standard InChI is InChI=1S/C30H30F7N3O6/c1-4-45-28(43)17-7-9-39(10-8-17)24-22(31)12-20-23(26(24)44-3)40(15-29(32,33)34)14-21(25(20)41)27(42)38-13-18-5-6-19(11-16(18)2)46-30(35,36)37/h5-6,11-12,14,17H,4,7-10,13,15H2,1-3H3,(H,38,42). The topological polar surface area (TPSA) is 99.1 Å². The number of carbonyl (C=O) groups is 2. The van der Waals surface area contributed by atoms with E-state index in [2.05, 4.69) is 10.1 Å². The van der Waals surface area contributed by atoms with E-state index in [0.717, 1.165) is 25.3 Å². The molecule has 0 aliphatic carbocycles. The van der Waals surface area contributed by atoms with Crippen molar-refractivity contribution in [2.75, 3.05) is 31.7 Å². The quantitative estimate of drug-likeness (QED) is 0.235. The lowest BCUT2D eigenvalue weighted by Gasteiger charge is -2.34. The van der Waals surface area contributed by atoms with E-state index >= 15 is 4.39 Å². The van der Waals surface area contributed by atoms with Crippen molar-refractivity contribution in [2.24, 2.45) is 5.92 Å². The van der Waals surface area contributed by atoms with E-state index in [9.17, 15) is 40.7 Å². The molecule has 3 aromatic rings. The SMILES string of the molecule is CCOC(=O)C1CCN(c2c(F)cc3c(=O)c(C(=O)NCc4ccc(OC(F)(F)F)cc4C)cn(CC(F)(F)F)c3c2OC)CC1. The minimum atomic E-state index is -4.92. The number of carbonyl (C=O) groups excluding carboxylic acids is 2. The van der Waals surface area contributed by atoms with Gasteiger partial charge in [0.25, 0.3) is 5.91 Å². The highest BCUT2D eigenvalue weighted by Crippen LogP contribution is 2.40. The fraction of sp³-hybridized carbons (Fsp3) is 0.433. The Hall–Kier alpha value is -4.50. The van der Waals surface area contributed by atoms with Crippen molar-refractivity contribution in [3.8, 4) is 11.5 Å². The molecule has 0 atom stereocenters. The van der Waals surface area contributed by atoms with Gasteiger partial charge in [0.1, 0.15) is 23.5 Å². The predicted molar refractivity (Wildman–Crippen MR) is 151 cm³/mol. The van der Waals surface area contributed by atoms with Gasteiger partial charge in [-0.05, 0) is 56.0 Å². The number of ether oxygens (including phenoxy) is 3. The average molecular weight is 662 g/mol. The molecule has 0 radical (unpaired) electrons. The molecular weight excluding hydrogens is 631 g/mol. The number of hydrogen-bond donors (Lipinski definition) is 1. The first-order valence-electron chi connectivity index (χ1n) is 14.1. The van der Waals surface area contributed by atoms with E-state index in [1.165, 1.54) is 17.9 Å². The molecule has 1 aliphatic heterocycles. The second-order valence-corrected chi connectivity index (χ2v) is 10.6. The molecule has 0 saturated carbocycles. The minimum absolute atomic E-state index is 0.148. The van der Waals surface area contributed by atoms with Gasteiger partial charge in [-0.25, -0.2) is 4.39 Å². The lowest BCUT2D eigenvalue weighted by Crippen LogP contribution is -2.38. The van der Waals surface area contributed by atoms with Crippen molar-refractivity contribution in [1.82, 2.24) is 9.88 Å². The number of pyridine rings is 1. The van der Waals surface area contributed by atoms with Gasteiger partial charge in [0.15, 0.2) is 11.6 Å². The van der Waals surface area contributed by atoms with Crippen LogP contribution < -0.4 is 25.1 Å². The fourth-order valence-corrected chi connectivity index (χ4v) is 5.39. The van der Waals surface area contributed by atoms with Gasteiger partial charge in [0.05, 0.1) is 30.5 Å². The van der Waals surface area contributed by atoms with Crippen molar-refractivity contribution in [2.45, 2.75) is 52.3 Å². The maximum Gasteiger partial charge on any atom is 0.573 e. The number of alkyl halides is 6. The smallest absolute Gasteiger partial charge is 0.492 e. The first-order chi connectivity index (χ1) is 21.5. The molecule has 46 heavy (non-hydrogen) atoms. The monoisotopic (exact) mass is 661 g/mol. The zero-order chi connectivity index (χ0) is 34.0. The zero-order valence-corrected chi connectivity index (χ0v) is 24.9.